The fourth-order valence-electron chi connectivity index (χ4n) is 2.61. The van der Waals surface area contributed by atoms with E-state index in [4.69, 9.17) is 4.74 Å². The molecule has 0 unspecified atom stereocenters. The molecule has 0 aliphatic heterocycles. The predicted molar refractivity (Wildman–Crippen MR) is 108 cm³/mol. The number of anilines is 1. The van der Waals surface area contributed by atoms with Gasteiger partial charge in [-0.2, -0.15) is 0 Å². The average Bonchev–Trinajstić information content (AvgIpc) is 3.06. The van der Waals surface area contributed by atoms with Crippen molar-refractivity contribution in [3.05, 3.63) is 63.0 Å². The zero-order valence-electron chi connectivity index (χ0n) is 15.7. The van der Waals surface area contributed by atoms with E-state index in [0.29, 0.717) is 28.3 Å². The monoisotopic (exact) mass is 399 g/mol. The van der Waals surface area contributed by atoms with Crippen molar-refractivity contribution in [2.75, 3.05) is 5.32 Å². The van der Waals surface area contributed by atoms with Gasteiger partial charge in [0.25, 0.3) is 5.56 Å². The summed E-state index contributed by atoms with van der Waals surface area (Å²) in [6, 6.07) is 7.86. The van der Waals surface area contributed by atoms with Crippen molar-refractivity contribution >= 4 is 33.9 Å². The minimum Gasteiger partial charge on any atom is -0.456 e. The topological polar surface area (TPSA) is 89.8 Å². The van der Waals surface area contributed by atoms with Crippen molar-refractivity contribution in [3.8, 4) is 0 Å². The van der Waals surface area contributed by atoms with Gasteiger partial charge in [0, 0.05) is 29.2 Å². The molecular formula is C20H21N3O4S. The van der Waals surface area contributed by atoms with Crippen LogP contribution in [0.3, 0.4) is 0 Å². The number of esters is 1. The third kappa shape index (κ3) is 4.83. The molecular weight excluding hydrogens is 378 g/mol. The number of carbonyl (C=O) groups excluding carboxylic acids is 2. The maximum atomic E-state index is 12.2. The largest absolute Gasteiger partial charge is 0.456 e. The van der Waals surface area contributed by atoms with Crippen molar-refractivity contribution in [1.82, 2.24) is 9.38 Å². The first kappa shape index (κ1) is 19.8. The summed E-state index contributed by atoms with van der Waals surface area (Å²) in [6.07, 6.45) is 4.00. The smallest absolute Gasteiger partial charge is 0.338 e. The van der Waals surface area contributed by atoms with Crippen molar-refractivity contribution in [3.63, 3.8) is 0 Å². The van der Waals surface area contributed by atoms with Gasteiger partial charge in [-0.15, -0.1) is 11.3 Å². The number of nitrogens with one attached hydrogen (secondary N) is 1. The Morgan fingerprint density at radius 2 is 2.00 bits per heavy atom. The first-order valence-electron chi connectivity index (χ1n) is 9.02. The van der Waals surface area contributed by atoms with E-state index in [9.17, 15) is 14.4 Å². The first-order valence-corrected chi connectivity index (χ1v) is 9.83. The van der Waals surface area contributed by atoms with Crippen LogP contribution >= 0.6 is 11.3 Å². The lowest BCUT2D eigenvalue weighted by molar-refractivity contribution is -0.116. The molecule has 7 nitrogen and oxygen atoms in total. The maximum Gasteiger partial charge on any atom is 0.338 e. The summed E-state index contributed by atoms with van der Waals surface area (Å²) in [5.74, 6) is -0.568. The number of aryl methyl sites for hydroxylation is 1. The Kier molecular flexibility index (Phi) is 6.20. The van der Waals surface area contributed by atoms with Gasteiger partial charge in [0.15, 0.2) is 4.96 Å². The number of hydrogen-bond donors (Lipinski definition) is 1. The number of unbranched alkanes of at least 4 members (excludes halogenated alkanes) is 1. The molecule has 3 aromatic rings. The Balaban J connectivity index is 1.60. The van der Waals surface area contributed by atoms with E-state index in [1.54, 1.807) is 30.5 Å². The molecule has 0 spiro atoms. The average molecular weight is 399 g/mol. The van der Waals surface area contributed by atoms with Gasteiger partial charge in [-0.1, -0.05) is 13.3 Å². The summed E-state index contributed by atoms with van der Waals surface area (Å²) in [4.78, 5) is 41.9. The molecule has 8 heteroatoms. The van der Waals surface area contributed by atoms with Gasteiger partial charge in [0.1, 0.15) is 6.61 Å². The number of hydrogen-bond acceptors (Lipinski definition) is 6. The summed E-state index contributed by atoms with van der Waals surface area (Å²) in [6.45, 7) is 3.84. The van der Waals surface area contributed by atoms with Crippen LogP contribution in [-0.4, -0.2) is 21.3 Å². The van der Waals surface area contributed by atoms with Gasteiger partial charge in [-0.05, 0) is 37.6 Å². The maximum absolute atomic E-state index is 12.2. The lowest BCUT2D eigenvalue weighted by Crippen LogP contribution is -2.15. The van der Waals surface area contributed by atoms with E-state index in [1.165, 1.54) is 21.8 Å². The molecule has 146 valence electrons. The number of benzene rings is 1. The Labute approximate surface area is 166 Å². The van der Waals surface area contributed by atoms with Gasteiger partial charge in [0.2, 0.25) is 5.91 Å². The van der Waals surface area contributed by atoms with Crippen LogP contribution in [0.4, 0.5) is 5.69 Å². The van der Waals surface area contributed by atoms with Crippen LogP contribution in [0.2, 0.25) is 0 Å². The fraction of sp³-hybridized carbons (Fsp3) is 0.300. The molecule has 2 aromatic heterocycles. The van der Waals surface area contributed by atoms with Crippen LogP contribution in [0, 0.1) is 6.92 Å². The van der Waals surface area contributed by atoms with Crippen LogP contribution in [0.5, 0.6) is 0 Å². The van der Waals surface area contributed by atoms with Crippen molar-refractivity contribution in [1.29, 1.82) is 0 Å². The normalized spacial score (nSPS) is 10.8. The van der Waals surface area contributed by atoms with Crippen molar-refractivity contribution in [2.45, 2.75) is 39.7 Å². The molecule has 0 aliphatic rings. The molecule has 1 amide bonds. The van der Waals surface area contributed by atoms with E-state index in [1.807, 2.05) is 13.8 Å². The van der Waals surface area contributed by atoms with Gasteiger partial charge in [0.05, 0.1) is 11.3 Å². The predicted octanol–water partition coefficient (Wildman–Crippen LogP) is 3.55. The third-order valence-electron chi connectivity index (χ3n) is 4.05. The molecule has 1 N–H and O–H groups in total. The molecule has 0 saturated heterocycles. The van der Waals surface area contributed by atoms with Gasteiger partial charge >= 0.3 is 5.97 Å². The Morgan fingerprint density at radius 3 is 2.71 bits per heavy atom. The third-order valence-corrected chi connectivity index (χ3v) is 4.95. The molecule has 0 saturated carbocycles. The Morgan fingerprint density at radius 1 is 1.25 bits per heavy atom. The summed E-state index contributed by atoms with van der Waals surface area (Å²) in [5, 5.41) is 2.79. The number of fused-ring (bicyclic) bond motifs is 1. The van der Waals surface area contributed by atoms with Crippen LogP contribution in [-0.2, 0) is 16.1 Å². The second-order valence-electron chi connectivity index (χ2n) is 6.39. The SMILES string of the molecule is CCCCC(=O)Nc1ccc(C(=O)OCc2cc(=O)n3cc(C)sc3n2)cc1. The van der Waals surface area contributed by atoms with Crippen LogP contribution in [0.1, 0.15) is 47.1 Å². The molecule has 1 aromatic carbocycles. The van der Waals surface area contributed by atoms with Gasteiger partial charge < -0.3 is 10.1 Å². The highest BCUT2D eigenvalue weighted by molar-refractivity contribution is 7.16. The van der Waals surface area contributed by atoms with Crippen LogP contribution < -0.4 is 10.9 Å². The van der Waals surface area contributed by atoms with E-state index in [0.717, 1.165) is 17.7 Å². The lowest BCUT2D eigenvalue weighted by atomic mass is 10.2. The van der Waals surface area contributed by atoms with Crippen molar-refractivity contribution < 1.29 is 14.3 Å². The summed E-state index contributed by atoms with van der Waals surface area (Å²) >= 11 is 1.40. The second-order valence-corrected chi connectivity index (χ2v) is 7.60. The molecule has 28 heavy (non-hydrogen) atoms. The zero-order chi connectivity index (χ0) is 20.1. The first-order chi connectivity index (χ1) is 13.5. The lowest BCUT2D eigenvalue weighted by Gasteiger charge is -2.07. The minimum atomic E-state index is -0.520. The van der Waals surface area contributed by atoms with E-state index in [2.05, 4.69) is 10.3 Å². The summed E-state index contributed by atoms with van der Waals surface area (Å²) < 4.78 is 6.74. The molecule has 0 aliphatic carbocycles. The Bertz CT molecular complexity index is 1050. The minimum absolute atomic E-state index is 0.0475. The van der Waals surface area contributed by atoms with Crippen molar-refractivity contribution in [2.24, 2.45) is 0 Å². The molecule has 0 fully saturated rings. The number of thiazole rings is 1. The number of nitrogens with zero attached hydrogens (tertiary/aromatic N) is 2. The number of aromatic nitrogens is 2. The fourth-order valence-corrected chi connectivity index (χ4v) is 3.46. The van der Waals surface area contributed by atoms with Gasteiger partial charge in [-0.25, -0.2) is 9.78 Å². The Hall–Kier alpha value is -3.00. The zero-order valence-corrected chi connectivity index (χ0v) is 16.5. The molecule has 0 radical (unpaired) electrons. The molecule has 0 atom stereocenters. The van der Waals surface area contributed by atoms with E-state index >= 15 is 0 Å². The van der Waals surface area contributed by atoms with E-state index < -0.39 is 5.97 Å². The molecule has 0 bridgehead atoms. The molecule has 3 rings (SSSR count). The standard InChI is InChI=1S/C20H21N3O4S/c1-3-4-5-17(24)21-15-8-6-14(7-9-15)19(26)27-12-16-10-18(25)23-11-13(2)28-20(23)22-16/h6-11H,3-5,12H2,1-2H3,(H,21,24). The number of amides is 1. The molecule has 2 heterocycles. The number of ether oxygens (including phenoxy) is 1. The van der Waals surface area contributed by atoms with E-state index in [-0.39, 0.29) is 18.1 Å². The quantitative estimate of drug-likeness (QED) is 0.614. The van der Waals surface area contributed by atoms with Crippen LogP contribution in [0.25, 0.3) is 4.96 Å². The summed E-state index contributed by atoms with van der Waals surface area (Å²) in [5.41, 5.74) is 1.19. The summed E-state index contributed by atoms with van der Waals surface area (Å²) in [7, 11) is 0. The van der Waals surface area contributed by atoms with Crippen LogP contribution in [0.15, 0.2) is 41.3 Å². The highest BCUT2D eigenvalue weighted by atomic mass is 32.1. The van der Waals surface area contributed by atoms with Gasteiger partial charge in [-0.3, -0.25) is 14.0 Å². The number of carbonyl (C=O) groups is 2. The second kappa shape index (κ2) is 8.79. The highest BCUT2D eigenvalue weighted by Crippen LogP contribution is 2.15. The highest BCUT2D eigenvalue weighted by Gasteiger charge is 2.11. The number of rotatable bonds is 7.